The lowest BCUT2D eigenvalue weighted by Gasteiger charge is -2.13. The number of guanidine groups is 1. The number of halogens is 2. The van der Waals surface area contributed by atoms with Crippen molar-refractivity contribution in [2.24, 2.45) is 10.9 Å². The summed E-state index contributed by atoms with van der Waals surface area (Å²) in [5.74, 6) is 1.54. The van der Waals surface area contributed by atoms with Gasteiger partial charge >= 0.3 is 6.61 Å². The van der Waals surface area contributed by atoms with Gasteiger partial charge in [-0.2, -0.15) is 8.78 Å². The molecule has 2 N–H and O–H groups in total. The number of aryl methyl sites for hydroxylation is 1. The Kier molecular flexibility index (Phi) is 5.57. The van der Waals surface area contributed by atoms with E-state index in [9.17, 15) is 8.78 Å². The second-order valence-electron chi connectivity index (χ2n) is 5.65. The zero-order valence-electron chi connectivity index (χ0n) is 13.2. The number of hydrogen-bond donors (Lipinski definition) is 2. The standard InChI is InChI=1S/C16H23F2N3O/c1-4-19-16(21-13-8-11(13)3)20-9-12-7-10(2)5-6-14(12)22-15(17)18/h5-7,11,13,15H,4,8-9H2,1-3H3,(H2,19,20,21). The number of ether oxygens (including phenoxy) is 1. The molecule has 0 amide bonds. The van der Waals surface area contributed by atoms with Crippen LogP contribution in [0.4, 0.5) is 8.78 Å². The first-order valence-electron chi connectivity index (χ1n) is 7.58. The molecule has 1 aliphatic carbocycles. The van der Waals surface area contributed by atoms with Crippen LogP contribution in [-0.4, -0.2) is 25.2 Å². The van der Waals surface area contributed by atoms with Crippen LogP contribution in [0.5, 0.6) is 5.75 Å². The highest BCUT2D eigenvalue weighted by Gasteiger charge is 2.33. The van der Waals surface area contributed by atoms with Crippen molar-refractivity contribution in [1.82, 2.24) is 10.6 Å². The van der Waals surface area contributed by atoms with Crippen LogP contribution in [0.15, 0.2) is 23.2 Å². The van der Waals surface area contributed by atoms with Crippen LogP contribution >= 0.6 is 0 Å². The molecule has 0 bridgehead atoms. The van der Waals surface area contributed by atoms with Gasteiger partial charge in [0.15, 0.2) is 5.96 Å². The second-order valence-corrected chi connectivity index (χ2v) is 5.65. The summed E-state index contributed by atoms with van der Waals surface area (Å²) in [5.41, 5.74) is 1.64. The zero-order chi connectivity index (χ0) is 16.1. The van der Waals surface area contributed by atoms with E-state index >= 15 is 0 Å². The number of nitrogens with zero attached hydrogens (tertiary/aromatic N) is 1. The molecular weight excluding hydrogens is 288 g/mol. The van der Waals surface area contributed by atoms with E-state index in [4.69, 9.17) is 0 Å². The molecule has 0 aliphatic heterocycles. The minimum atomic E-state index is -2.83. The van der Waals surface area contributed by atoms with Crippen LogP contribution in [0.25, 0.3) is 0 Å². The molecule has 1 aliphatic rings. The normalized spacial score (nSPS) is 20.9. The van der Waals surface area contributed by atoms with Gasteiger partial charge in [0.25, 0.3) is 0 Å². The Balaban J connectivity index is 2.09. The Morgan fingerprint density at radius 2 is 2.18 bits per heavy atom. The summed E-state index contributed by atoms with van der Waals surface area (Å²) in [4.78, 5) is 4.48. The Morgan fingerprint density at radius 1 is 1.45 bits per heavy atom. The third-order valence-electron chi connectivity index (χ3n) is 3.62. The van der Waals surface area contributed by atoms with Gasteiger partial charge in [0.05, 0.1) is 6.54 Å². The van der Waals surface area contributed by atoms with Gasteiger partial charge in [0.2, 0.25) is 0 Å². The van der Waals surface area contributed by atoms with Crippen molar-refractivity contribution < 1.29 is 13.5 Å². The minimum absolute atomic E-state index is 0.181. The van der Waals surface area contributed by atoms with Crippen LogP contribution in [-0.2, 0) is 6.54 Å². The van der Waals surface area contributed by atoms with Crippen molar-refractivity contribution in [3.05, 3.63) is 29.3 Å². The van der Waals surface area contributed by atoms with E-state index < -0.39 is 6.61 Å². The fourth-order valence-corrected chi connectivity index (χ4v) is 2.23. The Morgan fingerprint density at radius 3 is 2.77 bits per heavy atom. The first-order valence-corrected chi connectivity index (χ1v) is 7.58. The van der Waals surface area contributed by atoms with Crippen molar-refractivity contribution in [2.75, 3.05) is 6.54 Å². The largest absolute Gasteiger partial charge is 0.434 e. The average Bonchev–Trinajstić information content (AvgIpc) is 3.14. The number of aliphatic imine (C=N–C) groups is 1. The number of alkyl halides is 2. The summed E-state index contributed by atoms with van der Waals surface area (Å²) in [6, 6.07) is 5.59. The van der Waals surface area contributed by atoms with Crippen LogP contribution in [0, 0.1) is 12.8 Å². The fourth-order valence-electron chi connectivity index (χ4n) is 2.23. The number of rotatable bonds is 6. The van der Waals surface area contributed by atoms with Crippen molar-refractivity contribution in [1.29, 1.82) is 0 Å². The molecule has 0 saturated heterocycles. The summed E-state index contributed by atoms with van der Waals surface area (Å²) < 4.78 is 29.5. The third kappa shape index (κ3) is 4.86. The molecular formula is C16H23F2N3O. The van der Waals surface area contributed by atoms with Gasteiger partial charge in [-0.15, -0.1) is 0 Å². The maximum atomic E-state index is 12.5. The number of nitrogens with one attached hydrogen (secondary N) is 2. The van der Waals surface area contributed by atoms with Crippen molar-refractivity contribution in [3.8, 4) is 5.75 Å². The van der Waals surface area contributed by atoms with E-state index in [1.807, 2.05) is 19.9 Å². The van der Waals surface area contributed by atoms with Gasteiger partial charge in [-0.3, -0.25) is 0 Å². The minimum Gasteiger partial charge on any atom is -0.434 e. The van der Waals surface area contributed by atoms with Crippen LogP contribution < -0.4 is 15.4 Å². The van der Waals surface area contributed by atoms with Crippen molar-refractivity contribution in [2.45, 2.75) is 46.4 Å². The van der Waals surface area contributed by atoms with E-state index in [2.05, 4.69) is 27.3 Å². The molecule has 4 nitrogen and oxygen atoms in total. The molecule has 0 spiro atoms. The van der Waals surface area contributed by atoms with Crippen LogP contribution in [0.2, 0.25) is 0 Å². The fraction of sp³-hybridized carbons (Fsp3) is 0.562. The molecule has 1 fully saturated rings. The molecule has 6 heteroatoms. The lowest BCUT2D eigenvalue weighted by molar-refractivity contribution is -0.0504. The molecule has 0 heterocycles. The van der Waals surface area contributed by atoms with Gasteiger partial charge in [-0.1, -0.05) is 24.6 Å². The lowest BCUT2D eigenvalue weighted by Crippen LogP contribution is -2.39. The van der Waals surface area contributed by atoms with Crippen LogP contribution in [0.3, 0.4) is 0 Å². The highest BCUT2D eigenvalue weighted by atomic mass is 19.3. The predicted octanol–water partition coefficient (Wildman–Crippen LogP) is 3.06. The van der Waals surface area contributed by atoms with E-state index in [1.54, 1.807) is 12.1 Å². The number of hydrogen-bond acceptors (Lipinski definition) is 2. The molecule has 122 valence electrons. The highest BCUT2D eigenvalue weighted by Crippen LogP contribution is 2.29. The molecule has 1 aromatic rings. The maximum absolute atomic E-state index is 12.5. The molecule has 1 saturated carbocycles. The quantitative estimate of drug-likeness (QED) is 0.627. The molecule has 0 aromatic heterocycles. The summed E-state index contributed by atoms with van der Waals surface area (Å²) >= 11 is 0. The van der Waals surface area contributed by atoms with Crippen molar-refractivity contribution >= 4 is 5.96 Å². The predicted molar refractivity (Wildman–Crippen MR) is 83.3 cm³/mol. The Hall–Kier alpha value is -1.85. The van der Waals surface area contributed by atoms with E-state index in [1.165, 1.54) is 0 Å². The van der Waals surface area contributed by atoms with E-state index in [-0.39, 0.29) is 5.75 Å². The summed E-state index contributed by atoms with van der Waals surface area (Å²) in [6.45, 7) is 4.29. The molecule has 0 radical (unpaired) electrons. The average molecular weight is 311 g/mol. The van der Waals surface area contributed by atoms with Gasteiger partial charge in [0, 0.05) is 18.2 Å². The topological polar surface area (TPSA) is 45.7 Å². The summed E-state index contributed by atoms with van der Waals surface area (Å²) in [7, 11) is 0. The van der Waals surface area contributed by atoms with E-state index in [0.717, 1.165) is 18.5 Å². The third-order valence-corrected chi connectivity index (χ3v) is 3.62. The van der Waals surface area contributed by atoms with E-state index in [0.29, 0.717) is 30.0 Å². The Bertz CT molecular complexity index is 534. The summed E-state index contributed by atoms with van der Waals surface area (Å²) in [5, 5.41) is 6.51. The molecule has 2 unspecified atom stereocenters. The Labute approximate surface area is 130 Å². The van der Waals surface area contributed by atoms with Gasteiger partial charge < -0.3 is 15.4 Å². The van der Waals surface area contributed by atoms with Crippen LogP contribution in [0.1, 0.15) is 31.4 Å². The summed E-state index contributed by atoms with van der Waals surface area (Å²) in [6.07, 6.45) is 1.13. The van der Waals surface area contributed by atoms with Crippen molar-refractivity contribution in [3.63, 3.8) is 0 Å². The second kappa shape index (κ2) is 7.42. The molecule has 2 atom stereocenters. The van der Waals surface area contributed by atoms with Gasteiger partial charge in [-0.05, 0) is 32.3 Å². The first kappa shape index (κ1) is 16.5. The lowest BCUT2D eigenvalue weighted by atomic mass is 10.1. The molecule has 1 aromatic carbocycles. The SMILES string of the molecule is CCNC(=NCc1cc(C)ccc1OC(F)F)NC1CC1C. The first-order chi connectivity index (χ1) is 10.5. The monoisotopic (exact) mass is 311 g/mol. The molecule has 2 rings (SSSR count). The van der Waals surface area contributed by atoms with Gasteiger partial charge in [0.1, 0.15) is 5.75 Å². The molecule has 22 heavy (non-hydrogen) atoms. The number of benzene rings is 1. The maximum Gasteiger partial charge on any atom is 0.387 e. The smallest absolute Gasteiger partial charge is 0.387 e. The van der Waals surface area contributed by atoms with Gasteiger partial charge in [-0.25, -0.2) is 4.99 Å². The zero-order valence-corrected chi connectivity index (χ0v) is 13.2. The highest BCUT2D eigenvalue weighted by molar-refractivity contribution is 5.80.